The molecule has 1 aliphatic carbocycles. The summed E-state index contributed by atoms with van der Waals surface area (Å²) in [7, 11) is 1.39. The second-order valence-corrected chi connectivity index (χ2v) is 14.0. The maximum Gasteiger partial charge on any atom is 0.337 e. The highest BCUT2D eigenvalue weighted by atomic mass is 16.7. The topological polar surface area (TPSA) is 44.8 Å². The fraction of sp³-hybridized carbons (Fsp3) is 0.326. The number of benzene rings is 5. The van der Waals surface area contributed by atoms with Gasteiger partial charge in [-0.05, 0) is 98.9 Å². The summed E-state index contributed by atoms with van der Waals surface area (Å²) in [6, 6.07) is 39.8. The zero-order chi connectivity index (χ0) is 36.2. The third kappa shape index (κ3) is 10.3. The van der Waals surface area contributed by atoms with E-state index in [1.54, 1.807) is 12.1 Å². The van der Waals surface area contributed by atoms with Crippen molar-refractivity contribution in [3.05, 3.63) is 154 Å². The van der Waals surface area contributed by atoms with Crippen molar-refractivity contribution in [2.75, 3.05) is 13.9 Å². The summed E-state index contributed by atoms with van der Waals surface area (Å²) in [6.07, 6.45) is 1.10. The molecular weight excluding hydrogens is 617 g/mol. The molecule has 0 spiro atoms. The Morgan fingerprint density at radius 1 is 0.520 bits per heavy atom. The van der Waals surface area contributed by atoms with Crippen LogP contribution in [0.25, 0.3) is 11.1 Å². The summed E-state index contributed by atoms with van der Waals surface area (Å²) in [6.45, 7) is 17.8. The number of ether oxygens (including phenoxy) is 3. The van der Waals surface area contributed by atoms with Crippen LogP contribution in [0.4, 0.5) is 0 Å². The van der Waals surface area contributed by atoms with Crippen molar-refractivity contribution in [3.63, 3.8) is 0 Å². The molecule has 4 heteroatoms. The highest BCUT2D eigenvalue weighted by molar-refractivity contribution is 5.89. The Morgan fingerprint density at radius 3 is 1.62 bits per heavy atom. The van der Waals surface area contributed by atoms with Crippen LogP contribution in [0.5, 0.6) is 11.5 Å². The Hall–Kier alpha value is -4.83. The molecule has 0 radical (unpaired) electrons. The van der Waals surface area contributed by atoms with Gasteiger partial charge in [0, 0.05) is 0 Å². The van der Waals surface area contributed by atoms with Crippen molar-refractivity contribution in [1.82, 2.24) is 0 Å². The van der Waals surface area contributed by atoms with E-state index < -0.39 is 0 Å². The number of hydrogen-bond donors (Lipinski definition) is 0. The van der Waals surface area contributed by atoms with Crippen molar-refractivity contribution in [1.29, 1.82) is 0 Å². The van der Waals surface area contributed by atoms with Gasteiger partial charge >= 0.3 is 5.97 Å². The molecule has 0 N–H and O–H groups in total. The lowest BCUT2D eigenvalue weighted by molar-refractivity contribution is 0.0600. The summed E-state index contributed by atoms with van der Waals surface area (Å²) in [4.78, 5) is 11.1. The van der Waals surface area contributed by atoms with E-state index >= 15 is 0 Å². The third-order valence-electron chi connectivity index (χ3n) is 9.01. The molecule has 0 unspecified atom stereocenters. The number of hydrogen-bond acceptors (Lipinski definition) is 4. The Balaban J connectivity index is 0.000000153. The van der Waals surface area contributed by atoms with Crippen LogP contribution in [0, 0.1) is 0 Å². The molecular formula is C46H54O4. The predicted molar refractivity (Wildman–Crippen MR) is 208 cm³/mol. The molecule has 1 aliphatic heterocycles. The first-order valence-electron chi connectivity index (χ1n) is 17.8. The van der Waals surface area contributed by atoms with Crippen LogP contribution in [0.2, 0.25) is 0 Å². The van der Waals surface area contributed by atoms with E-state index in [9.17, 15) is 4.79 Å². The zero-order valence-corrected chi connectivity index (χ0v) is 31.3. The molecule has 0 bridgehead atoms. The van der Waals surface area contributed by atoms with Crippen LogP contribution < -0.4 is 9.47 Å². The monoisotopic (exact) mass is 670 g/mol. The lowest BCUT2D eigenvalue weighted by Gasteiger charge is -2.07. The summed E-state index contributed by atoms with van der Waals surface area (Å²) in [5.74, 6) is 3.77. The molecule has 0 atom stereocenters. The molecule has 0 amide bonds. The van der Waals surface area contributed by atoms with Crippen molar-refractivity contribution in [3.8, 4) is 22.6 Å². The summed E-state index contributed by atoms with van der Waals surface area (Å²) >= 11 is 0. The average Bonchev–Trinajstić information content (AvgIpc) is 3.76. The molecule has 5 aromatic rings. The van der Waals surface area contributed by atoms with Crippen LogP contribution in [0.1, 0.15) is 123 Å². The summed E-state index contributed by atoms with van der Waals surface area (Å²) in [5.41, 5.74) is 11.8. The van der Waals surface area contributed by atoms with Crippen LogP contribution in [-0.2, 0) is 11.2 Å². The van der Waals surface area contributed by atoms with E-state index in [1.165, 1.54) is 51.6 Å². The van der Waals surface area contributed by atoms with E-state index in [0.29, 0.717) is 36.0 Å². The highest BCUT2D eigenvalue weighted by Gasteiger charge is 2.18. The van der Waals surface area contributed by atoms with Crippen LogP contribution in [-0.4, -0.2) is 19.9 Å². The van der Waals surface area contributed by atoms with Crippen LogP contribution in [0.15, 0.2) is 115 Å². The van der Waals surface area contributed by atoms with Gasteiger partial charge in [0.2, 0.25) is 6.79 Å². The number of carbonyl (C=O) groups is 1. The van der Waals surface area contributed by atoms with Gasteiger partial charge < -0.3 is 14.2 Å². The lowest BCUT2D eigenvalue weighted by Crippen LogP contribution is -2.01. The van der Waals surface area contributed by atoms with E-state index in [2.05, 4.69) is 133 Å². The molecule has 0 saturated heterocycles. The van der Waals surface area contributed by atoms with Gasteiger partial charge in [-0.25, -0.2) is 4.79 Å². The highest BCUT2D eigenvalue weighted by Crippen LogP contribution is 2.38. The first kappa shape index (κ1) is 38.0. The van der Waals surface area contributed by atoms with Crippen molar-refractivity contribution >= 4 is 5.97 Å². The van der Waals surface area contributed by atoms with Crippen molar-refractivity contribution < 1.29 is 19.0 Å². The van der Waals surface area contributed by atoms with E-state index in [-0.39, 0.29) is 5.97 Å². The summed E-state index contributed by atoms with van der Waals surface area (Å²) in [5, 5.41) is 0. The molecule has 0 aromatic heterocycles. The number of carbonyl (C=O) groups excluding carboxylic acids is 1. The standard InChI is InChI=1S/C16H16.C11H14O2.C10H12O2.C9H12/c1-11(2)12-7-8-16-14(9-12)10-13-5-3-4-6-15(13)16;1-8(2)9-4-6-10(7-5-9)11(12)13-3;1-7(2)8-3-4-9-10(5-8)12-6-11-9;1-8(2)9-6-4-3-5-7-9/h3-9,11H,10H2,1-2H3;4-8H,1-3H3;3-5,7H,6H2,1-2H3;3-8H,1-2H3. The van der Waals surface area contributed by atoms with Gasteiger partial charge in [-0.3, -0.25) is 0 Å². The van der Waals surface area contributed by atoms with E-state index in [4.69, 9.17) is 9.47 Å². The fourth-order valence-electron chi connectivity index (χ4n) is 5.76. The first-order chi connectivity index (χ1) is 24.0. The maximum absolute atomic E-state index is 11.1. The van der Waals surface area contributed by atoms with Gasteiger partial charge in [-0.1, -0.05) is 146 Å². The van der Waals surface area contributed by atoms with Gasteiger partial charge in [0.25, 0.3) is 0 Å². The third-order valence-corrected chi connectivity index (χ3v) is 9.01. The van der Waals surface area contributed by atoms with Gasteiger partial charge in [0.05, 0.1) is 12.7 Å². The second kappa shape index (κ2) is 18.2. The first-order valence-corrected chi connectivity index (χ1v) is 17.8. The Bertz CT molecular complexity index is 1800. The minimum Gasteiger partial charge on any atom is -0.465 e. The van der Waals surface area contributed by atoms with Crippen molar-refractivity contribution in [2.45, 2.75) is 85.5 Å². The molecule has 2 aliphatic rings. The van der Waals surface area contributed by atoms with E-state index in [1.807, 2.05) is 30.3 Å². The molecule has 7 rings (SSSR count). The molecule has 50 heavy (non-hydrogen) atoms. The zero-order valence-electron chi connectivity index (χ0n) is 31.3. The molecule has 5 aromatic carbocycles. The average molecular weight is 671 g/mol. The Morgan fingerprint density at radius 2 is 1.02 bits per heavy atom. The minimum absolute atomic E-state index is 0.282. The van der Waals surface area contributed by atoms with E-state index in [0.717, 1.165) is 17.9 Å². The largest absolute Gasteiger partial charge is 0.465 e. The Kier molecular flexibility index (Phi) is 13.9. The number of methoxy groups -OCH3 is 1. The van der Waals surface area contributed by atoms with Crippen LogP contribution in [0.3, 0.4) is 0 Å². The summed E-state index contributed by atoms with van der Waals surface area (Å²) < 4.78 is 15.1. The normalized spacial score (nSPS) is 11.9. The minimum atomic E-state index is -0.282. The Labute approximate surface area is 300 Å². The number of fused-ring (bicyclic) bond motifs is 4. The molecule has 4 nitrogen and oxygen atoms in total. The van der Waals surface area contributed by atoms with Crippen LogP contribution >= 0.6 is 0 Å². The van der Waals surface area contributed by atoms with Gasteiger partial charge in [0.15, 0.2) is 11.5 Å². The smallest absolute Gasteiger partial charge is 0.337 e. The predicted octanol–water partition coefficient (Wildman–Crippen LogP) is 12.3. The number of rotatable bonds is 5. The quantitative estimate of drug-likeness (QED) is 0.171. The van der Waals surface area contributed by atoms with Gasteiger partial charge in [-0.2, -0.15) is 0 Å². The van der Waals surface area contributed by atoms with Crippen molar-refractivity contribution in [2.24, 2.45) is 0 Å². The second-order valence-electron chi connectivity index (χ2n) is 14.0. The molecule has 1 heterocycles. The molecule has 0 fully saturated rings. The maximum atomic E-state index is 11.1. The van der Waals surface area contributed by atoms with Gasteiger partial charge in [-0.15, -0.1) is 0 Å². The van der Waals surface area contributed by atoms with Gasteiger partial charge in [0.1, 0.15) is 0 Å². The number of esters is 1. The molecule has 262 valence electrons. The lowest BCUT2D eigenvalue weighted by atomic mass is 9.97. The fourth-order valence-corrected chi connectivity index (χ4v) is 5.76. The SMILES string of the molecule is CC(C)c1ccc2c(c1)Cc1ccccc1-2.CC(C)c1ccc2c(c1)OCO2.CC(C)c1ccccc1.COC(=O)c1ccc(C(C)C)cc1. The molecule has 0 saturated carbocycles.